The molecule has 2 aromatic rings. The number of nitrogens with zero attached hydrogens (tertiary/aromatic N) is 1. The molecule has 0 saturated heterocycles. The zero-order valence-corrected chi connectivity index (χ0v) is 8.08. The quantitative estimate of drug-likeness (QED) is 0.741. The Hall–Kier alpha value is -1.84. The van der Waals surface area contributed by atoms with Crippen LogP contribution < -0.4 is 4.74 Å². The molecule has 1 aromatic heterocycles. The molecule has 4 heteroatoms. The van der Waals surface area contributed by atoms with Crippen LogP contribution in [0.4, 0.5) is 8.78 Å². The largest absolute Gasteiger partial charge is 0.441 e. The number of rotatable bonds is 2. The molecule has 0 fully saturated rings. The average molecular weight is 209 g/mol. The monoisotopic (exact) mass is 209 g/mol. The predicted molar refractivity (Wildman–Crippen MR) is 51.8 cm³/mol. The Morgan fingerprint density at radius 3 is 2.33 bits per heavy atom. The predicted octanol–water partition coefficient (Wildman–Crippen LogP) is 3.10. The van der Waals surface area contributed by atoms with E-state index in [0.29, 0.717) is 5.88 Å². The van der Waals surface area contributed by atoms with E-state index in [1.165, 1.54) is 0 Å². The molecule has 0 amide bonds. The molecule has 0 unspecified atom stereocenters. The van der Waals surface area contributed by atoms with Gasteiger partial charge < -0.3 is 9.30 Å². The standard InChI is InChI=1S/C11H9F2NO/c1-14-4-2-3-11(14)15-10-6-8(12)5-9(13)7-10/h2-7H,1H3. The summed E-state index contributed by atoms with van der Waals surface area (Å²) < 4.78 is 32.7. The van der Waals surface area contributed by atoms with Gasteiger partial charge in [0.05, 0.1) is 0 Å². The van der Waals surface area contributed by atoms with Crippen molar-refractivity contribution in [3.8, 4) is 11.6 Å². The van der Waals surface area contributed by atoms with Gasteiger partial charge in [0.2, 0.25) is 0 Å². The molecule has 0 atom stereocenters. The summed E-state index contributed by atoms with van der Waals surface area (Å²) in [4.78, 5) is 0. The highest BCUT2D eigenvalue weighted by Crippen LogP contribution is 2.22. The highest BCUT2D eigenvalue weighted by molar-refractivity contribution is 5.28. The fraction of sp³-hybridized carbons (Fsp3) is 0.0909. The third kappa shape index (κ3) is 2.15. The molecule has 0 aliphatic heterocycles. The van der Waals surface area contributed by atoms with E-state index in [0.717, 1.165) is 18.2 Å². The van der Waals surface area contributed by atoms with Crippen molar-refractivity contribution < 1.29 is 13.5 Å². The van der Waals surface area contributed by atoms with Crippen LogP contribution in [-0.4, -0.2) is 4.57 Å². The molecule has 0 radical (unpaired) electrons. The van der Waals surface area contributed by atoms with Crippen LogP contribution in [0.5, 0.6) is 11.6 Å². The number of hydrogen-bond acceptors (Lipinski definition) is 1. The highest BCUT2D eigenvalue weighted by atomic mass is 19.1. The van der Waals surface area contributed by atoms with Crippen molar-refractivity contribution >= 4 is 0 Å². The van der Waals surface area contributed by atoms with Crippen LogP contribution in [-0.2, 0) is 7.05 Å². The maximum atomic E-state index is 12.8. The lowest BCUT2D eigenvalue weighted by atomic mass is 10.3. The van der Waals surface area contributed by atoms with Crippen LogP contribution in [0, 0.1) is 11.6 Å². The summed E-state index contributed by atoms with van der Waals surface area (Å²) >= 11 is 0. The molecular weight excluding hydrogens is 200 g/mol. The first-order valence-corrected chi connectivity index (χ1v) is 4.40. The lowest BCUT2D eigenvalue weighted by molar-refractivity contribution is 0.434. The summed E-state index contributed by atoms with van der Waals surface area (Å²) in [7, 11) is 1.78. The van der Waals surface area contributed by atoms with Crippen LogP contribution in [0.3, 0.4) is 0 Å². The Kier molecular flexibility index (Phi) is 2.41. The SMILES string of the molecule is Cn1cccc1Oc1cc(F)cc(F)c1. The summed E-state index contributed by atoms with van der Waals surface area (Å²) in [5, 5.41) is 0. The zero-order valence-electron chi connectivity index (χ0n) is 8.08. The summed E-state index contributed by atoms with van der Waals surface area (Å²) in [5.41, 5.74) is 0. The van der Waals surface area contributed by atoms with E-state index in [1.54, 1.807) is 29.9 Å². The molecular formula is C11H9F2NO. The molecule has 2 rings (SSSR count). The molecule has 1 aromatic carbocycles. The minimum atomic E-state index is -0.654. The van der Waals surface area contributed by atoms with E-state index in [1.807, 2.05) is 0 Å². The lowest BCUT2D eigenvalue weighted by Crippen LogP contribution is -1.92. The van der Waals surface area contributed by atoms with Gasteiger partial charge in [0, 0.05) is 37.5 Å². The third-order valence-electron chi connectivity index (χ3n) is 1.95. The van der Waals surface area contributed by atoms with Gasteiger partial charge in [-0.2, -0.15) is 0 Å². The Bertz CT molecular complexity index is 459. The molecule has 15 heavy (non-hydrogen) atoms. The molecule has 0 aliphatic carbocycles. The summed E-state index contributed by atoms with van der Waals surface area (Å²) in [5.74, 6) is -0.632. The molecule has 0 aliphatic rings. The first kappa shape index (κ1) is 9.71. The average Bonchev–Trinajstić information content (AvgIpc) is 2.50. The Labute approximate surface area is 85.7 Å². The minimum Gasteiger partial charge on any atom is -0.441 e. The van der Waals surface area contributed by atoms with E-state index in [2.05, 4.69) is 0 Å². The maximum absolute atomic E-state index is 12.8. The van der Waals surface area contributed by atoms with Gasteiger partial charge in [-0.05, 0) is 6.07 Å². The van der Waals surface area contributed by atoms with Crippen molar-refractivity contribution in [1.82, 2.24) is 4.57 Å². The topological polar surface area (TPSA) is 14.2 Å². The molecule has 0 bridgehead atoms. The van der Waals surface area contributed by atoms with E-state index < -0.39 is 11.6 Å². The van der Waals surface area contributed by atoms with Crippen molar-refractivity contribution in [2.75, 3.05) is 0 Å². The van der Waals surface area contributed by atoms with Gasteiger partial charge in [-0.15, -0.1) is 0 Å². The summed E-state index contributed by atoms with van der Waals surface area (Å²) in [6, 6.07) is 6.57. The van der Waals surface area contributed by atoms with Crippen LogP contribution in [0.25, 0.3) is 0 Å². The number of hydrogen-bond donors (Lipinski definition) is 0. The zero-order chi connectivity index (χ0) is 10.8. The van der Waals surface area contributed by atoms with Crippen LogP contribution in [0.2, 0.25) is 0 Å². The van der Waals surface area contributed by atoms with Gasteiger partial charge in [0.15, 0.2) is 5.88 Å². The minimum absolute atomic E-state index is 0.148. The first-order valence-electron chi connectivity index (χ1n) is 4.40. The number of benzene rings is 1. The summed E-state index contributed by atoms with van der Waals surface area (Å²) in [6.45, 7) is 0. The van der Waals surface area contributed by atoms with Crippen molar-refractivity contribution in [3.63, 3.8) is 0 Å². The van der Waals surface area contributed by atoms with Crippen molar-refractivity contribution in [2.45, 2.75) is 0 Å². The molecule has 0 spiro atoms. The Morgan fingerprint density at radius 1 is 1.13 bits per heavy atom. The second kappa shape index (κ2) is 3.73. The van der Waals surface area contributed by atoms with E-state index in [9.17, 15) is 8.78 Å². The smallest absolute Gasteiger partial charge is 0.199 e. The molecule has 78 valence electrons. The Morgan fingerprint density at radius 2 is 1.80 bits per heavy atom. The number of halogens is 2. The number of aromatic nitrogens is 1. The first-order chi connectivity index (χ1) is 7.15. The lowest BCUT2D eigenvalue weighted by Gasteiger charge is -2.06. The van der Waals surface area contributed by atoms with Crippen molar-refractivity contribution in [1.29, 1.82) is 0 Å². The van der Waals surface area contributed by atoms with Gasteiger partial charge in [-0.3, -0.25) is 0 Å². The van der Waals surface area contributed by atoms with E-state index in [4.69, 9.17) is 4.74 Å². The van der Waals surface area contributed by atoms with E-state index >= 15 is 0 Å². The fourth-order valence-electron chi connectivity index (χ4n) is 1.26. The van der Waals surface area contributed by atoms with Crippen LogP contribution in [0.1, 0.15) is 0 Å². The van der Waals surface area contributed by atoms with Crippen LogP contribution in [0.15, 0.2) is 36.5 Å². The molecule has 0 saturated carbocycles. The van der Waals surface area contributed by atoms with Gasteiger partial charge in [0.1, 0.15) is 17.4 Å². The maximum Gasteiger partial charge on any atom is 0.199 e. The van der Waals surface area contributed by atoms with E-state index in [-0.39, 0.29) is 5.75 Å². The third-order valence-corrected chi connectivity index (χ3v) is 1.95. The fourth-order valence-corrected chi connectivity index (χ4v) is 1.26. The number of ether oxygens (including phenoxy) is 1. The van der Waals surface area contributed by atoms with Crippen molar-refractivity contribution in [3.05, 3.63) is 48.2 Å². The second-order valence-corrected chi connectivity index (χ2v) is 3.16. The molecule has 2 nitrogen and oxygen atoms in total. The van der Waals surface area contributed by atoms with Gasteiger partial charge in [0.25, 0.3) is 0 Å². The van der Waals surface area contributed by atoms with Gasteiger partial charge in [-0.1, -0.05) is 0 Å². The highest BCUT2D eigenvalue weighted by Gasteiger charge is 2.04. The van der Waals surface area contributed by atoms with Crippen LogP contribution >= 0.6 is 0 Å². The normalized spacial score (nSPS) is 10.3. The summed E-state index contributed by atoms with van der Waals surface area (Å²) in [6.07, 6.45) is 1.78. The Balaban J connectivity index is 2.28. The van der Waals surface area contributed by atoms with Gasteiger partial charge >= 0.3 is 0 Å². The molecule has 1 heterocycles. The molecule has 0 N–H and O–H groups in total. The number of aryl methyl sites for hydroxylation is 1. The van der Waals surface area contributed by atoms with Crippen molar-refractivity contribution in [2.24, 2.45) is 7.05 Å². The second-order valence-electron chi connectivity index (χ2n) is 3.16. The van der Waals surface area contributed by atoms with Gasteiger partial charge in [-0.25, -0.2) is 8.78 Å².